The smallest absolute Gasteiger partial charge is 0.228 e. The van der Waals surface area contributed by atoms with Crippen molar-refractivity contribution in [3.05, 3.63) is 35.6 Å². The molecule has 0 aromatic heterocycles. The zero-order valence-corrected chi connectivity index (χ0v) is 13.3. The molecule has 0 aliphatic carbocycles. The summed E-state index contributed by atoms with van der Waals surface area (Å²) in [4.78, 5) is 14.3. The van der Waals surface area contributed by atoms with Crippen LogP contribution in [0.5, 0.6) is 0 Å². The first-order chi connectivity index (χ1) is 9.70. The van der Waals surface area contributed by atoms with Gasteiger partial charge in [-0.05, 0) is 24.1 Å². The number of rotatable bonds is 7. The summed E-state index contributed by atoms with van der Waals surface area (Å²) in [6.45, 7) is 5.10. The second-order valence-electron chi connectivity index (χ2n) is 5.45. The molecule has 1 fully saturated rings. The van der Waals surface area contributed by atoms with Gasteiger partial charge in [-0.15, -0.1) is 12.4 Å². The van der Waals surface area contributed by atoms with Crippen molar-refractivity contribution in [1.82, 2.24) is 10.2 Å². The minimum absolute atomic E-state index is 0. The highest BCUT2D eigenvalue weighted by molar-refractivity contribution is 5.85. The molecule has 2 rings (SSSR count). The van der Waals surface area contributed by atoms with Crippen LogP contribution in [0.25, 0.3) is 0 Å². The summed E-state index contributed by atoms with van der Waals surface area (Å²) in [6.07, 6.45) is 3.31. The second-order valence-corrected chi connectivity index (χ2v) is 5.45. The van der Waals surface area contributed by atoms with Gasteiger partial charge in [0.2, 0.25) is 5.91 Å². The number of nitrogens with zero attached hydrogens (tertiary/aromatic N) is 1. The molecule has 1 aromatic carbocycles. The highest BCUT2D eigenvalue weighted by atomic mass is 35.5. The van der Waals surface area contributed by atoms with Gasteiger partial charge in [-0.3, -0.25) is 4.79 Å². The number of unbranched alkanes of at least 4 members (excludes halogenated alkanes) is 2. The Morgan fingerprint density at radius 1 is 1.29 bits per heavy atom. The zero-order valence-electron chi connectivity index (χ0n) is 12.5. The van der Waals surface area contributed by atoms with Gasteiger partial charge in [0.1, 0.15) is 5.82 Å². The van der Waals surface area contributed by atoms with Crippen molar-refractivity contribution in [1.29, 1.82) is 0 Å². The van der Waals surface area contributed by atoms with Crippen molar-refractivity contribution in [2.45, 2.75) is 32.7 Å². The normalized spacial score (nSPS) is 14.2. The Kier molecular flexibility index (Phi) is 7.68. The first-order valence-corrected chi connectivity index (χ1v) is 7.44. The molecule has 0 bridgehead atoms. The Hall–Kier alpha value is -1.13. The van der Waals surface area contributed by atoms with Gasteiger partial charge < -0.3 is 10.2 Å². The first kappa shape index (κ1) is 17.9. The topological polar surface area (TPSA) is 32.3 Å². The van der Waals surface area contributed by atoms with E-state index in [-0.39, 0.29) is 30.0 Å². The van der Waals surface area contributed by atoms with E-state index in [4.69, 9.17) is 0 Å². The molecule has 1 amide bonds. The van der Waals surface area contributed by atoms with Crippen molar-refractivity contribution < 1.29 is 9.18 Å². The quantitative estimate of drug-likeness (QED) is 0.785. The van der Waals surface area contributed by atoms with Crippen LogP contribution >= 0.6 is 12.4 Å². The van der Waals surface area contributed by atoms with Gasteiger partial charge in [-0.25, -0.2) is 4.39 Å². The molecule has 1 aliphatic rings. The Labute approximate surface area is 132 Å². The molecule has 1 saturated heterocycles. The molecule has 0 atom stereocenters. The van der Waals surface area contributed by atoms with E-state index in [0.29, 0.717) is 6.54 Å². The lowest BCUT2D eigenvalue weighted by Gasteiger charge is -2.32. The van der Waals surface area contributed by atoms with Gasteiger partial charge in [0, 0.05) is 26.2 Å². The number of benzene rings is 1. The Morgan fingerprint density at radius 2 is 1.95 bits per heavy atom. The molecular weight excluding hydrogens is 291 g/mol. The van der Waals surface area contributed by atoms with E-state index in [1.807, 2.05) is 4.90 Å². The van der Waals surface area contributed by atoms with Crippen molar-refractivity contribution in [2.75, 3.05) is 19.6 Å². The van der Waals surface area contributed by atoms with Gasteiger partial charge in [-0.2, -0.15) is 0 Å². The predicted molar refractivity (Wildman–Crippen MR) is 84.9 cm³/mol. The van der Waals surface area contributed by atoms with Gasteiger partial charge >= 0.3 is 0 Å². The average molecular weight is 315 g/mol. The summed E-state index contributed by atoms with van der Waals surface area (Å²) < 4.78 is 12.9. The molecule has 118 valence electrons. The number of amides is 1. The lowest BCUT2D eigenvalue weighted by Crippen LogP contribution is -2.52. The van der Waals surface area contributed by atoms with E-state index in [0.717, 1.165) is 44.5 Å². The summed E-state index contributed by atoms with van der Waals surface area (Å²) in [5.41, 5.74) is 0.989. The number of carbonyl (C=O) groups is 1. The first-order valence-electron chi connectivity index (χ1n) is 7.44. The van der Waals surface area contributed by atoms with Gasteiger partial charge in [0.25, 0.3) is 0 Å². The SMILES string of the molecule is CCCCCN(Cc1ccc(F)cc1)C(=O)C1CNC1.Cl. The van der Waals surface area contributed by atoms with Crippen LogP contribution in [0.2, 0.25) is 0 Å². The van der Waals surface area contributed by atoms with E-state index in [1.54, 1.807) is 12.1 Å². The third-order valence-electron chi connectivity index (χ3n) is 3.76. The summed E-state index contributed by atoms with van der Waals surface area (Å²) >= 11 is 0. The molecule has 21 heavy (non-hydrogen) atoms. The predicted octanol–water partition coefficient (Wildman–Crippen LogP) is 2.99. The van der Waals surface area contributed by atoms with Crippen LogP contribution in [-0.2, 0) is 11.3 Å². The minimum Gasteiger partial charge on any atom is -0.338 e. The van der Waals surface area contributed by atoms with Gasteiger partial charge in [0.15, 0.2) is 0 Å². The fourth-order valence-corrected chi connectivity index (χ4v) is 2.35. The maximum atomic E-state index is 12.9. The van der Waals surface area contributed by atoms with Gasteiger partial charge in [-0.1, -0.05) is 31.9 Å². The fraction of sp³-hybridized carbons (Fsp3) is 0.562. The second kappa shape index (κ2) is 9.00. The molecule has 1 N–H and O–H groups in total. The van der Waals surface area contributed by atoms with Gasteiger partial charge in [0.05, 0.1) is 5.92 Å². The maximum Gasteiger partial charge on any atom is 0.228 e. The zero-order chi connectivity index (χ0) is 14.4. The third-order valence-corrected chi connectivity index (χ3v) is 3.76. The van der Waals surface area contributed by atoms with Crippen LogP contribution in [0.1, 0.15) is 31.7 Å². The van der Waals surface area contributed by atoms with Crippen LogP contribution < -0.4 is 5.32 Å². The molecular formula is C16H24ClFN2O. The van der Waals surface area contributed by atoms with Crippen LogP contribution in [-0.4, -0.2) is 30.4 Å². The minimum atomic E-state index is -0.235. The molecule has 0 unspecified atom stereocenters. The highest BCUT2D eigenvalue weighted by Crippen LogP contribution is 2.14. The Morgan fingerprint density at radius 3 is 2.48 bits per heavy atom. The van der Waals surface area contributed by atoms with Crippen molar-refractivity contribution in [3.8, 4) is 0 Å². The number of hydrogen-bond acceptors (Lipinski definition) is 2. The lowest BCUT2D eigenvalue weighted by molar-refractivity contribution is -0.137. The van der Waals surface area contributed by atoms with E-state index in [2.05, 4.69) is 12.2 Å². The van der Waals surface area contributed by atoms with Crippen molar-refractivity contribution >= 4 is 18.3 Å². The molecule has 5 heteroatoms. The van der Waals surface area contributed by atoms with E-state index in [1.165, 1.54) is 12.1 Å². The summed E-state index contributed by atoms with van der Waals surface area (Å²) in [6, 6.07) is 6.42. The maximum absolute atomic E-state index is 12.9. The van der Waals surface area contributed by atoms with Crippen molar-refractivity contribution in [3.63, 3.8) is 0 Å². The monoisotopic (exact) mass is 314 g/mol. The molecule has 0 saturated carbocycles. The Bertz CT molecular complexity index is 434. The summed E-state index contributed by atoms with van der Waals surface area (Å²) in [5.74, 6) is 0.113. The molecule has 0 radical (unpaired) electrons. The Balaban J connectivity index is 0.00000220. The molecule has 0 spiro atoms. The largest absolute Gasteiger partial charge is 0.338 e. The van der Waals surface area contributed by atoms with E-state index in [9.17, 15) is 9.18 Å². The van der Waals surface area contributed by atoms with Crippen LogP contribution in [0.15, 0.2) is 24.3 Å². The highest BCUT2D eigenvalue weighted by Gasteiger charge is 2.28. The summed E-state index contributed by atoms with van der Waals surface area (Å²) in [7, 11) is 0. The molecule has 1 aromatic rings. The van der Waals surface area contributed by atoms with E-state index >= 15 is 0 Å². The van der Waals surface area contributed by atoms with Crippen LogP contribution in [0.4, 0.5) is 4.39 Å². The lowest BCUT2D eigenvalue weighted by atomic mass is 10.0. The van der Waals surface area contributed by atoms with E-state index < -0.39 is 0 Å². The number of hydrogen-bond donors (Lipinski definition) is 1. The number of nitrogens with one attached hydrogen (secondary N) is 1. The standard InChI is InChI=1S/C16H23FN2O.ClH/c1-2-3-4-9-19(16(20)14-10-18-11-14)12-13-5-7-15(17)8-6-13;/h5-8,14,18H,2-4,9-12H2,1H3;1H. The number of halogens is 2. The number of carbonyl (C=O) groups excluding carboxylic acids is 1. The molecule has 3 nitrogen and oxygen atoms in total. The van der Waals surface area contributed by atoms with Crippen LogP contribution in [0, 0.1) is 11.7 Å². The fourth-order valence-electron chi connectivity index (χ4n) is 2.35. The average Bonchev–Trinajstić information content (AvgIpc) is 2.38. The molecule has 1 aliphatic heterocycles. The summed E-state index contributed by atoms with van der Waals surface area (Å²) in [5, 5.41) is 3.14. The third kappa shape index (κ3) is 5.29. The molecule has 1 heterocycles. The van der Waals surface area contributed by atoms with Crippen molar-refractivity contribution in [2.24, 2.45) is 5.92 Å². The van der Waals surface area contributed by atoms with Crippen LogP contribution in [0.3, 0.4) is 0 Å².